The lowest BCUT2D eigenvalue weighted by molar-refractivity contribution is -0.150. The van der Waals surface area contributed by atoms with E-state index in [0.29, 0.717) is 10.0 Å². The number of hydrogen-bond donors (Lipinski definition) is 1. The highest BCUT2D eigenvalue weighted by molar-refractivity contribution is 8.00. The molecule has 0 unspecified atom stereocenters. The highest BCUT2D eigenvalue weighted by Crippen LogP contribution is 2.25. The van der Waals surface area contributed by atoms with Crippen LogP contribution in [0, 0.1) is 5.82 Å². The van der Waals surface area contributed by atoms with Gasteiger partial charge in [0, 0.05) is 15.8 Å². The van der Waals surface area contributed by atoms with Crippen molar-refractivity contribution in [2.45, 2.75) is 17.9 Å². The SMILES string of the molecule is C[C@@H](OC(=O)CSc1ccccc1F)C(=O)Nc1nc(-c2ccccc2)cs1. The average Bonchev–Trinajstić information content (AvgIpc) is 3.16. The summed E-state index contributed by atoms with van der Waals surface area (Å²) >= 11 is 2.31. The molecular formula is C20H17FN2O3S2. The Kier molecular flexibility index (Phi) is 6.78. The van der Waals surface area contributed by atoms with E-state index in [-0.39, 0.29) is 5.75 Å². The fourth-order valence-corrected chi connectivity index (χ4v) is 3.71. The van der Waals surface area contributed by atoms with Gasteiger partial charge < -0.3 is 4.74 Å². The molecule has 1 amide bonds. The molecule has 5 nitrogen and oxygen atoms in total. The van der Waals surface area contributed by atoms with Crippen LogP contribution >= 0.6 is 23.1 Å². The van der Waals surface area contributed by atoms with Gasteiger partial charge in [-0.1, -0.05) is 42.5 Å². The van der Waals surface area contributed by atoms with Crippen LogP contribution in [0.3, 0.4) is 0 Å². The van der Waals surface area contributed by atoms with Crippen molar-refractivity contribution in [3.05, 3.63) is 65.8 Å². The number of aromatic nitrogens is 1. The number of halogens is 1. The van der Waals surface area contributed by atoms with Crippen LogP contribution in [0.4, 0.5) is 9.52 Å². The quantitative estimate of drug-likeness (QED) is 0.450. The molecule has 1 aromatic heterocycles. The molecule has 3 aromatic rings. The molecule has 0 saturated heterocycles. The standard InChI is InChI=1S/C20H17FN2O3S2/c1-13(26-18(24)12-27-17-10-6-5-9-15(17)21)19(25)23-20-22-16(11-28-20)14-7-3-2-4-8-14/h2-11,13H,12H2,1H3,(H,22,23,25)/t13-/m1/s1. The van der Waals surface area contributed by atoms with Crippen molar-refractivity contribution >= 4 is 40.1 Å². The number of anilines is 1. The van der Waals surface area contributed by atoms with Crippen LogP contribution in [0.5, 0.6) is 0 Å². The van der Waals surface area contributed by atoms with Crippen molar-refractivity contribution in [2.24, 2.45) is 0 Å². The first-order valence-corrected chi connectivity index (χ1v) is 10.3. The molecule has 2 aromatic carbocycles. The number of esters is 1. The minimum atomic E-state index is -0.988. The maximum absolute atomic E-state index is 13.6. The van der Waals surface area contributed by atoms with Crippen molar-refractivity contribution in [3.63, 3.8) is 0 Å². The molecule has 144 valence electrons. The Morgan fingerprint density at radius 2 is 1.89 bits per heavy atom. The van der Waals surface area contributed by atoms with Crippen LogP contribution < -0.4 is 5.32 Å². The van der Waals surface area contributed by atoms with Gasteiger partial charge in [0.2, 0.25) is 0 Å². The summed E-state index contributed by atoms with van der Waals surface area (Å²) in [5.74, 6) is -1.56. The van der Waals surface area contributed by atoms with Crippen molar-refractivity contribution in [3.8, 4) is 11.3 Å². The molecule has 1 heterocycles. The van der Waals surface area contributed by atoms with Crippen LogP contribution in [0.25, 0.3) is 11.3 Å². The highest BCUT2D eigenvalue weighted by atomic mass is 32.2. The molecule has 1 N–H and O–H groups in total. The molecule has 0 radical (unpaired) electrons. The number of carbonyl (C=O) groups is 2. The molecule has 0 spiro atoms. The first-order chi connectivity index (χ1) is 13.5. The number of nitrogens with one attached hydrogen (secondary N) is 1. The predicted octanol–water partition coefficient (Wildman–Crippen LogP) is 4.61. The van der Waals surface area contributed by atoms with Gasteiger partial charge in [0.25, 0.3) is 5.91 Å². The van der Waals surface area contributed by atoms with E-state index < -0.39 is 23.8 Å². The summed E-state index contributed by atoms with van der Waals surface area (Å²) in [6.45, 7) is 1.48. The van der Waals surface area contributed by atoms with E-state index >= 15 is 0 Å². The van der Waals surface area contributed by atoms with Crippen LogP contribution in [0.1, 0.15) is 6.92 Å². The molecule has 0 aliphatic carbocycles. The zero-order chi connectivity index (χ0) is 19.9. The van der Waals surface area contributed by atoms with E-state index in [9.17, 15) is 14.0 Å². The minimum Gasteiger partial charge on any atom is -0.452 e. The van der Waals surface area contributed by atoms with E-state index in [1.807, 2.05) is 35.7 Å². The van der Waals surface area contributed by atoms with Crippen molar-refractivity contribution < 1.29 is 18.7 Å². The molecule has 0 bridgehead atoms. The summed E-state index contributed by atoms with van der Waals surface area (Å²) in [5.41, 5.74) is 1.70. The lowest BCUT2D eigenvalue weighted by Gasteiger charge is -2.12. The van der Waals surface area contributed by atoms with Crippen molar-refractivity contribution in [2.75, 3.05) is 11.1 Å². The second-order valence-corrected chi connectivity index (χ2v) is 7.62. The van der Waals surface area contributed by atoms with E-state index in [0.717, 1.165) is 23.0 Å². The average molecular weight is 416 g/mol. The van der Waals surface area contributed by atoms with Gasteiger partial charge >= 0.3 is 5.97 Å². The predicted molar refractivity (Wildman–Crippen MR) is 109 cm³/mol. The van der Waals surface area contributed by atoms with Crippen molar-refractivity contribution in [1.82, 2.24) is 4.98 Å². The second kappa shape index (κ2) is 9.48. The molecular weight excluding hydrogens is 399 g/mol. The van der Waals surface area contributed by atoms with Crippen molar-refractivity contribution in [1.29, 1.82) is 0 Å². The number of thioether (sulfide) groups is 1. The maximum Gasteiger partial charge on any atom is 0.317 e. The molecule has 8 heteroatoms. The largest absolute Gasteiger partial charge is 0.452 e. The number of hydrogen-bond acceptors (Lipinski definition) is 6. The van der Waals surface area contributed by atoms with Gasteiger partial charge in [-0.3, -0.25) is 14.9 Å². The summed E-state index contributed by atoms with van der Waals surface area (Å²) < 4.78 is 18.7. The fraction of sp³-hybridized carbons (Fsp3) is 0.150. The number of nitrogens with zero attached hydrogens (tertiary/aromatic N) is 1. The molecule has 28 heavy (non-hydrogen) atoms. The lowest BCUT2D eigenvalue weighted by Crippen LogP contribution is -2.30. The Morgan fingerprint density at radius 3 is 2.64 bits per heavy atom. The first-order valence-electron chi connectivity index (χ1n) is 8.41. The third kappa shape index (κ3) is 5.40. The summed E-state index contributed by atoms with van der Waals surface area (Å²) in [6, 6.07) is 15.8. The van der Waals surface area contributed by atoms with E-state index in [1.54, 1.807) is 18.2 Å². The Bertz CT molecular complexity index is 963. The van der Waals surface area contributed by atoms with Gasteiger partial charge in [0.1, 0.15) is 5.82 Å². The zero-order valence-electron chi connectivity index (χ0n) is 14.9. The van der Waals surface area contributed by atoms with E-state index in [2.05, 4.69) is 10.3 Å². The molecule has 0 aliphatic rings. The van der Waals surface area contributed by atoms with Gasteiger partial charge in [0.15, 0.2) is 11.2 Å². The van der Waals surface area contributed by atoms with Crippen LogP contribution in [-0.4, -0.2) is 28.7 Å². The van der Waals surface area contributed by atoms with Crippen LogP contribution in [-0.2, 0) is 14.3 Å². The Hall–Kier alpha value is -2.71. The van der Waals surface area contributed by atoms with E-state index in [4.69, 9.17) is 4.74 Å². The zero-order valence-corrected chi connectivity index (χ0v) is 16.6. The Labute approximate surface area is 170 Å². The fourth-order valence-electron chi connectivity index (χ4n) is 2.26. The maximum atomic E-state index is 13.6. The number of carbonyl (C=O) groups excluding carboxylic acids is 2. The Morgan fingerprint density at radius 1 is 1.18 bits per heavy atom. The van der Waals surface area contributed by atoms with E-state index in [1.165, 1.54) is 24.3 Å². The minimum absolute atomic E-state index is 0.0893. The third-order valence-electron chi connectivity index (χ3n) is 3.66. The van der Waals surface area contributed by atoms with Gasteiger partial charge in [-0.05, 0) is 19.1 Å². The number of thiazole rings is 1. The lowest BCUT2D eigenvalue weighted by atomic mass is 10.2. The second-order valence-electron chi connectivity index (χ2n) is 5.74. The van der Waals surface area contributed by atoms with Gasteiger partial charge in [0.05, 0.1) is 11.4 Å². The third-order valence-corrected chi connectivity index (χ3v) is 5.44. The summed E-state index contributed by atoms with van der Waals surface area (Å²) in [6.07, 6.45) is -0.988. The molecule has 0 fully saturated rings. The Balaban J connectivity index is 1.50. The molecule has 1 atom stereocenters. The summed E-state index contributed by atoms with van der Waals surface area (Å²) in [4.78, 5) is 28.9. The van der Waals surface area contributed by atoms with Gasteiger partial charge in [-0.15, -0.1) is 23.1 Å². The monoisotopic (exact) mass is 416 g/mol. The number of ether oxygens (including phenoxy) is 1. The number of amides is 1. The highest BCUT2D eigenvalue weighted by Gasteiger charge is 2.19. The normalized spacial score (nSPS) is 11.6. The first kappa shape index (κ1) is 20.0. The molecule has 3 rings (SSSR count). The van der Waals surface area contributed by atoms with Gasteiger partial charge in [-0.2, -0.15) is 0 Å². The topological polar surface area (TPSA) is 68.3 Å². The van der Waals surface area contributed by atoms with Gasteiger partial charge in [-0.25, -0.2) is 9.37 Å². The summed E-state index contributed by atoms with van der Waals surface area (Å²) in [7, 11) is 0. The number of benzene rings is 2. The molecule has 0 aliphatic heterocycles. The van der Waals surface area contributed by atoms with Crippen LogP contribution in [0.15, 0.2) is 64.9 Å². The molecule has 0 saturated carbocycles. The van der Waals surface area contributed by atoms with Crippen LogP contribution in [0.2, 0.25) is 0 Å². The number of rotatable bonds is 7. The summed E-state index contributed by atoms with van der Waals surface area (Å²) in [5, 5.41) is 4.91. The smallest absolute Gasteiger partial charge is 0.317 e.